The largest absolute Gasteiger partial charge is 0.357 e. The van der Waals surface area contributed by atoms with Crippen molar-refractivity contribution in [3.63, 3.8) is 0 Å². The second-order valence-electron chi connectivity index (χ2n) is 4.97. The van der Waals surface area contributed by atoms with E-state index >= 15 is 0 Å². The van der Waals surface area contributed by atoms with E-state index in [2.05, 4.69) is 55.0 Å². The summed E-state index contributed by atoms with van der Waals surface area (Å²) < 4.78 is 0. The zero-order valence-electron chi connectivity index (χ0n) is 11.9. The summed E-state index contributed by atoms with van der Waals surface area (Å²) in [4.78, 5) is 13.6. The van der Waals surface area contributed by atoms with Gasteiger partial charge in [-0.3, -0.25) is 4.90 Å². The molecular weight excluding hydrogens is 224 g/mol. The molecule has 0 atom stereocenters. The molecule has 0 spiro atoms. The number of likely N-dealkylation sites (N-methyl/N-ethyl adjacent to an activating group) is 1. The summed E-state index contributed by atoms with van der Waals surface area (Å²) in [5, 5.41) is 0. The Morgan fingerprint density at radius 2 is 1.72 bits per heavy atom. The van der Waals surface area contributed by atoms with Crippen LogP contribution in [0.4, 0.5) is 5.69 Å². The highest BCUT2D eigenvalue weighted by molar-refractivity contribution is 5.48. The normalized spacial score (nSPS) is 15.5. The molecule has 0 bridgehead atoms. The molecule has 0 aromatic heterocycles. The number of hydrogen-bond donors (Lipinski definition) is 0. The summed E-state index contributed by atoms with van der Waals surface area (Å²) in [6, 6.07) is 8.99. The SMILES string of the molecule is CC(C)c1ccc(N2CCN(C)C2)cc1.CC=O. The molecule has 1 aromatic rings. The van der Waals surface area contributed by atoms with Crippen LogP contribution in [0.3, 0.4) is 0 Å². The van der Waals surface area contributed by atoms with Gasteiger partial charge >= 0.3 is 0 Å². The fourth-order valence-corrected chi connectivity index (χ4v) is 2.01. The lowest BCUT2D eigenvalue weighted by Crippen LogP contribution is -2.22. The van der Waals surface area contributed by atoms with Gasteiger partial charge in [0.2, 0.25) is 0 Å². The van der Waals surface area contributed by atoms with E-state index in [0.29, 0.717) is 5.92 Å². The van der Waals surface area contributed by atoms with Gasteiger partial charge in [-0.2, -0.15) is 0 Å². The molecule has 0 radical (unpaired) electrons. The molecule has 18 heavy (non-hydrogen) atoms. The van der Waals surface area contributed by atoms with Crippen LogP contribution in [0.25, 0.3) is 0 Å². The van der Waals surface area contributed by atoms with Crippen molar-refractivity contribution in [2.24, 2.45) is 0 Å². The Hall–Kier alpha value is -1.35. The maximum Gasteiger partial charge on any atom is 0.116 e. The van der Waals surface area contributed by atoms with Gasteiger partial charge in [-0.25, -0.2) is 0 Å². The molecular formula is C15H24N2O. The van der Waals surface area contributed by atoms with Crippen LogP contribution in [0.2, 0.25) is 0 Å². The molecule has 0 unspecified atom stereocenters. The molecule has 0 saturated carbocycles. The highest BCUT2D eigenvalue weighted by Crippen LogP contribution is 2.21. The number of benzene rings is 1. The highest BCUT2D eigenvalue weighted by Gasteiger charge is 2.16. The van der Waals surface area contributed by atoms with Gasteiger partial charge in [0.25, 0.3) is 0 Å². The second kappa shape index (κ2) is 7.17. The minimum atomic E-state index is 0.625. The van der Waals surface area contributed by atoms with E-state index < -0.39 is 0 Å². The van der Waals surface area contributed by atoms with Gasteiger partial charge < -0.3 is 9.69 Å². The Balaban J connectivity index is 0.000000492. The van der Waals surface area contributed by atoms with Crippen LogP contribution in [0.5, 0.6) is 0 Å². The number of nitrogens with zero attached hydrogens (tertiary/aromatic N) is 2. The van der Waals surface area contributed by atoms with Crippen LogP contribution in [-0.4, -0.2) is 38.0 Å². The van der Waals surface area contributed by atoms with E-state index in [4.69, 9.17) is 4.79 Å². The molecule has 3 heteroatoms. The van der Waals surface area contributed by atoms with Crippen molar-refractivity contribution >= 4 is 12.0 Å². The third-order valence-corrected chi connectivity index (χ3v) is 3.09. The quantitative estimate of drug-likeness (QED) is 0.752. The minimum Gasteiger partial charge on any atom is -0.357 e. The molecule has 1 saturated heterocycles. The zero-order valence-corrected chi connectivity index (χ0v) is 11.9. The first-order chi connectivity index (χ1) is 8.58. The van der Waals surface area contributed by atoms with Gasteiger partial charge in [-0.05, 0) is 37.6 Å². The predicted molar refractivity (Wildman–Crippen MR) is 77.1 cm³/mol. The van der Waals surface area contributed by atoms with Gasteiger partial charge in [-0.15, -0.1) is 0 Å². The topological polar surface area (TPSA) is 23.6 Å². The first-order valence-electron chi connectivity index (χ1n) is 6.51. The van der Waals surface area contributed by atoms with Crippen LogP contribution in [-0.2, 0) is 4.79 Å². The third kappa shape index (κ3) is 4.15. The third-order valence-electron chi connectivity index (χ3n) is 3.09. The standard InChI is InChI=1S/C13H20N2.C2H4O/c1-11(2)12-4-6-13(7-5-12)15-9-8-14(3)10-15;1-2-3/h4-7,11H,8-10H2,1-3H3;2H,1H3. The molecule has 0 N–H and O–H groups in total. The molecule has 3 nitrogen and oxygen atoms in total. The number of carbonyl (C=O) groups excluding carboxylic acids is 1. The van der Waals surface area contributed by atoms with Crippen LogP contribution in [0.1, 0.15) is 32.3 Å². The maximum absolute atomic E-state index is 8.81. The Labute approximate surface area is 110 Å². The summed E-state index contributed by atoms with van der Waals surface area (Å²) in [5.74, 6) is 0.625. The van der Waals surface area contributed by atoms with Crippen LogP contribution in [0.15, 0.2) is 24.3 Å². The number of carbonyl (C=O) groups is 1. The Kier molecular flexibility index (Phi) is 5.86. The average molecular weight is 248 g/mol. The van der Waals surface area contributed by atoms with Gasteiger partial charge in [0.15, 0.2) is 0 Å². The highest BCUT2D eigenvalue weighted by atomic mass is 16.1. The number of hydrogen-bond acceptors (Lipinski definition) is 3. The molecule has 100 valence electrons. The molecule has 0 aliphatic carbocycles. The average Bonchev–Trinajstić information content (AvgIpc) is 2.77. The van der Waals surface area contributed by atoms with E-state index in [1.807, 2.05) is 0 Å². The van der Waals surface area contributed by atoms with Crippen molar-refractivity contribution in [2.75, 3.05) is 31.7 Å². The Bertz CT molecular complexity index is 359. The molecule has 1 fully saturated rings. The number of rotatable bonds is 2. The summed E-state index contributed by atoms with van der Waals surface area (Å²) in [6.45, 7) is 9.29. The zero-order chi connectivity index (χ0) is 13.5. The molecule has 2 rings (SSSR count). The van der Waals surface area contributed by atoms with Crippen molar-refractivity contribution < 1.29 is 4.79 Å². The maximum atomic E-state index is 8.81. The Morgan fingerprint density at radius 1 is 1.17 bits per heavy atom. The van der Waals surface area contributed by atoms with Crippen LogP contribution >= 0.6 is 0 Å². The molecule has 1 aliphatic rings. The van der Waals surface area contributed by atoms with E-state index in [1.165, 1.54) is 24.7 Å². The van der Waals surface area contributed by atoms with Crippen molar-refractivity contribution in [1.29, 1.82) is 0 Å². The molecule has 0 amide bonds. The molecule has 1 aliphatic heterocycles. The van der Waals surface area contributed by atoms with Gasteiger partial charge in [0, 0.05) is 18.8 Å². The van der Waals surface area contributed by atoms with Crippen molar-refractivity contribution in [3.05, 3.63) is 29.8 Å². The molecule has 1 aromatic carbocycles. The number of aldehydes is 1. The smallest absolute Gasteiger partial charge is 0.116 e. The summed E-state index contributed by atoms with van der Waals surface area (Å²) in [6.07, 6.45) is 0.750. The van der Waals surface area contributed by atoms with E-state index in [1.54, 1.807) is 0 Å². The summed E-state index contributed by atoms with van der Waals surface area (Å²) in [5.41, 5.74) is 2.77. The first kappa shape index (κ1) is 14.7. The Morgan fingerprint density at radius 3 is 2.11 bits per heavy atom. The summed E-state index contributed by atoms with van der Waals surface area (Å²) in [7, 11) is 2.17. The molecule has 1 heterocycles. The van der Waals surface area contributed by atoms with Gasteiger partial charge in [0.05, 0.1) is 6.67 Å². The lowest BCUT2D eigenvalue weighted by Gasteiger charge is -2.18. The van der Waals surface area contributed by atoms with Crippen molar-refractivity contribution in [3.8, 4) is 0 Å². The van der Waals surface area contributed by atoms with E-state index in [-0.39, 0.29) is 0 Å². The number of anilines is 1. The first-order valence-corrected chi connectivity index (χ1v) is 6.51. The lowest BCUT2D eigenvalue weighted by molar-refractivity contribution is -0.106. The fourth-order valence-electron chi connectivity index (χ4n) is 2.01. The summed E-state index contributed by atoms with van der Waals surface area (Å²) >= 11 is 0. The minimum absolute atomic E-state index is 0.625. The van der Waals surface area contributed by atoms with E-state index in [0.717, 1.165) is 19.5 Å². The van der Waals surface area contributed by atoms with Crippen LogP contribution in [0, 0.1) is 0 Å². The van der Waals surface area contributed by atoms with E-state index in [9.17, 15) is 0 Å². The van der Waals surface area contributed by atoms with Gasteiger partial charge in [0.1, 0.15) is 6.29 Å². The van der Waals surface area contributed by atoms with Crippen molar-refractivity contribution in [2.45, 2.75) is 26.7 Å². The van der Waals surface area contributed by atoms with Gasteiger partial charge in [-0.1, -0.05) is 26.0 Å². The predicted octanol–water partition coefficient (Wildman–Crippen LogP) is 2.72. The van der Waals surface area contributed by atoms with Crippen molar-refractivity contribution in [1.82, 2.24) is 4.90 Å². The second-order valence-corrected chi connectivity index (χ2v) is 4.97. The fraction of sp³-hybridized carbons (Fsp3) is 0.533. The van der Waals surface area contributed by atoms with Crippen LogP contribution < -0.4 is 4.90 Å². The lowest BCUT2D eigenvalue weighted by atomic mass is 10.0. The monoisotopic (exact) mass is 248 g/mol.